The number of benzene rings is 1. The van der Waals surface area contributed by atoms with Crippen LogP contribution >= 0.6 is 23.2 Å². The van der Waals surface area contributed by atoms with Gasteiger partial charge in [-0.1, -0.05) is 23.2 Å². The van der Waals surface area contributed by atoms with Crippen molar-refractivity contribution in [2.45, 2.75) is 13.0 Å². The molecule has 1 aromatic carbocycles. The van der Waals surface area contributed by atoms with Gasteiger partial charge in [0.05, 0.1) is 15.0 Å². The van der Waals surface area contributed by atoms with Crippen LogP contribution in [0.3, 0.4) is 0 Å². The lowest BCUT2D eigenvalue weighted by Crippen LogP contribution is -2.24. The molecule has 0 aliphatic rings. The first-order chi connectivity index (χ1) is 9.88. The largest absolute Gasteiger partial charge is 0.324 e. The molecular formula is C12H10Cl2N4O3. The second-order valence-electron chi connectivity index (χ2n) is 4.23. The van der Waals surface area contributed by atoms with Crippen LogP contribution in [0.4, 0.5) is 11.4 Å². The Kier molecular flexibility index (Phi) is 4.44. The second-order valence-corrected chi connectivity index (χ2v) is 5.04. The summed E-state index contributed by atoms with van der Waals surface area (Å²) in [7, 11) is 0. The van der Waals surface area contributed by atoms with E-state index in [1.165, 1.54) is 16.9 Å². The number of amides is 1. The van der Waals surface area contributed by atoms with Crippen LogP contribution in [0.25, 0.3) is 0 Å². The Bertz CT molecular complexity index is 702. The van der Waals surface area contributed by atoms with Crippen LogP contribution in [0.15, 0.2) is 30.6 Å². The minimum Gasteiger partial charge on any atom is -0.324 e. The lowest BCUT2D eigenvalue weighted by atomic mass is 10.2. The molecule has 0 bridgehead atoms. The van der Waals surface area contributed by atoms with Gasteiger partial charge in [-0.15, -0.1) is 0 Å². The smallest absolute Gasteiger partial charge is 0.307 e. The Hall–Kier alpha value is -2.12. The van der Waals surface area contributed by atoms with Crippen molar-refractivity contribution >= 4 is 40.5 Å². The van der Waals surface area contributed by atoms with E-state index in [0.29, 0.717) is 15.7 Å². The molecule has 1 unspecified atom stereocenters. The van der Waals surface area contributed by atoms with E-state index in [0.717, 1.165) is 6.20 Å². The van der Waals surface area contributed by atoms with Crippen molar-refractivity contribution < 1.29 is 9.72 Å². The minimum absolute atomic E-state index is 0.177. The number of rotatable bonds is 4. The van der Waals surface area contributed by atoms with Crippen molar-refractivity contribution in [2.75, 3.05) is 5.32 Å². The number of carbonyl (C=O) groups is 1. The average molecular weight is 329 g/mol. The van der Waals surface area contributed by atoms with Crippen molar-refractivity contribution in [1.82, 2.24) is 9.78 Å². The third-order valence-corrected chi connectivity index (χ3v) is 3.50. The third-order valence-electron chi connectivity index (χ3n) is 2.76. The van der Waals surface area contributed by atoms with Gasteiger partial charge >= 0.3 is 5.69 Å². The molecule has 110 valence electrons. The molecule has 1 heterocycles. The van der Waals surface area contributed by atoms with Crippen molar-refractivity contribution in [1.29, 1.82) is 0 Å². The molecule has 7 nitrogen and oxygen atoms in total. The Morgan fingerprint density at radius 3 is 2.71 bits per heavy atom. The molecule has 0 saturated heterocycles. The van der Waals surface area contributed by atoms with Crippen molar-refractivity contribution in [3.8, 4) is 0 Å². The van der Waals surface area contributed by atoms with Gasteiger partial charge < -0.3 is 5.32 Å². The fraction of sp³-hybridized carbons (Fsp3) is 0.167. The van der Waals surface area contributed by atoms with E-state index < -0.39 is 11.0 Å². The molecule has 21 heavy (non-hydrogen) atoms. The normalized spacial score (nSPS) is 12.0. The van der Waals surface area contributed by atoms with Crippen LogP contribution in [-0.2, 0) is 4.79 Å². The maximum atomic E-state index is 12.1. The van der Waals surface area contributed by atoms with Crippen LogP contribution in [0.1, 0.15) is 13.0 Å². The number of nitro groups is 1. The predicted octanol–water partition coefficient (Wildman–Crippen LogP) is 3.30. The number of nitrogens with zero attached hydrogens (tertiary/aromatic N) is 3. The molecule has 1 N–H and O–H groups in total. The molecular weight excluding hydrogens is 319 g/mol. The number of aromatic nitrogens is 2. The highest BCUT2D eigenvalue weighted by molar-refractivity contribution is 6.42. The maximum absolute atomic E-state index is 12.1. The van der Waals surface area contributed by atoms with Crippen LogP contribution in [-0.4, -0.2) is 20.6 Å². The highest BCUT2D eigenvalue weighted by Crippen LogP contribution is 2.25. The Labute approximate surface area is 129 Å². The van der Waals surface area contributed by atoms with Gasteiger partial charge in [0, 0.05) is 5.69 Å². The molecule has 1 atom stereocenters. The molecule has 2 aromatic rings. The average Bonchev–Trinajstić information content (AvgIpc) is 2.92. The summed E-state index contributed by atoms with van der Waals surface area (Å²) in [5.74, 6) is -0.383. The summed E-state index contributed by atoms with van der Waals surface area (Å²) >= 11 is 11.6. The molecule has 0 saturated carbocycles. The van der Waals surface area contributed by atoms with E-state index in [1.807, 2.05) is 0 Å². The topological polar surface area (TPSA) is 90.1 Å². The molecule has 0 spiro atoms. The first-order valence-corrected chi connectivity index (χ1v) is 6.58. The quantitative estimate of drug-likeness (QED) is 0.688. The van der Waals surface area contributed by atoms with Crippen LogP contribution in [0.5, 0.6) is 0 Å². The van der Waals surface area contributed by atoms with Crippen molar-refractivity contribution in [3.05, 3.63) is 50.8 Å². The van der Waals surface area contributed by atoms with Gasteiger partial charge in [0.15, 0.2) is 0 Å². The highest BCUT2D eigenvalue weighted by atomic mass is 35.5. The standard InChI is InChI=1S/C12H10Cl2N4O3/c1-7(17-6-9(5-15-17)18(20)21)12(19)16-8-2-3-10(13)11(14)4-8/h2-7H,1H3,(H,16,19). The molecule has 1 amide bonds. The minimum atomic E-state index is -0.715. The fourth-order valence-electron chi connectivity index (χ4n) is 1.57. The monoisotopic (exact) mass is 328 g/mol. The summed E-state index contributed by atoms with van der Waals surface area (Å²) in [4.78, 5) is 22.1. The van der Waals surface area contributed by atoms with Gasteiger partial charge in [0.2, 0.25) is 5.91 Å². The second kappa shape index (κ2) is 6.11. The zero-order chi connectivity index (χ0) is 15.6. The first-order valence-electron chi connectivity index (χ1n) is 5.83. The number of anilines is 1. The summed E-state index contributed by atoms with van der Waals surface area (Å²) in [6.07, 6.45) is 2.28. The number of hydrogen-bond acceptors (Lipinski definition) is 4. The maximum Gasteiger partial charge on any atom is 0.307 e. The molecule has 0 aliphatic carbocycles. The molecule has 1 aromatic heterocycles. The number of halogens is 2. The van der Waals surface area contributed by atoms with Gasteiger partial charge in [-0.2, -0.15) is 5.10 Å². The van der Waals surface area contributed by atoms with Gasteiger partial charge in [0.25, 0.3) is 0 Å². The number of carbonyl (C=O) groups excluding carboxylic acids is 1. The van der Waals surface area contributed by atoms with Gasteiger partial charge in [-0.25, -0.2) is 0 Å². The third kappa shape index (κ3) is 3.50. The summed E-state index contributed by atoms with van der Waals surface area (Å²) < 4.78 is 1.21. The van der Waals surface area contributed by atoms with Crippen LogP contribution in [0, 0.1) is 10.1 Å². The first kappa shape index (κ1) is 15.3. The molecule has 0 radical (unpaired) electrons. The van der Waals surface area contributed by atoms with Gasteiger partial charge in [-0.05, 0) is 25.1 Å². The van der Waals surface area contributed by atoms with E-state index >= 15 is 0 Å². The van der Waals surface area contributed by atoms with Crippen molar-refractivity contribution in [3.63, 3.8) is 0 Å². The van der Waals surface area contributed by atoms with E-state index in [2.05, 4.69) is 10.4 Å². The lowest BCUT2D eigenvalue weighted by Gasteiger charge is -2.12. The summed E-state index contributed by atoms with van der Waals surface area (Å²) in [5, 5.41) is 17.7. The zero-order valence-corrected chi connectivity index (χ0v) is 12.3. The Balaban J connectivity index is 2.11. The van der Waals surface area contributed by atoms with Gasteiger partial charge in [-0.3, -0.25) is 19.6 Å². The molecule has 0 aliphatic heterocycles. The Morgan fingerprint density at radius 2 is 2.14 bits per heavy atom. The van der Waals surface area contributed by atoms with E-state index in [1.54, 1.807) is 19.1 Å². The van der Waals surface area contributed by atoms with E-state index in [9.17, 15) is 14.9 Å². The number of nitrogens with one attached hydrogen (secondary N) is 1. The SMILES string of the molecule is CC(C(=O)Nc1ccc(Cl)c(Cl)c1)n1cc([N+](=O)[O-])cn1. The van der Waals surface area contributed by atoms with E-state index in [4.69, 9.17) is 23.2 Å². The van der Waals surface area contributed by atoms with Crippen molar-refractivity contribution in [2.24, 2.45) is 0 Å². The Morgan fingerprint density at radius 1 is 1.43 bits per heavy atom. The molecule has 9 heteroatoms. The zero-order valence-electron chi connectivity index (χ0n) is 10.8. The lowest BCUT2D eigenvalue weighted by molar-refractivity contribution is -0.385. The fourth-order valence-corrected chi connectivity index (χ4v) is 1.87. The molecule has 2 rings (SSSR count). The number of hydrogen-bond donors (Lipinski definition) is 1. The summed E-state index contributed by atoms with van der Waals surface area (Å²) in [6, 6.07) is 3.96. The van der Waals surface area contributed by atoms with Crippen LogP contribution < -0.4 is 5.32 Å². The summed E-state index contributed by atoms with van der Waals surface area (Å²) in [5.41, 5.74) is 0.298. The summed E-state index contributed by atoms with van der Waals surface area (Å²) in [6.45, 7) is 1.57. The molecule has 0 fully saturated rings. The predicted molar refractivity (Wildman–Crippen MR) is 78.7 cm³/mol. The van der Waals surface area contributed by atoms with E-state index in [-0.39, 0.29) is 11.6 Å². The van der Waals surface area contributed by atoms with Gasteiger partial charge in [0.1, 0.15) is 18.4 Å². The van der Waals surface area contributed by atoms with Crippen LogP contribution in [0.2, 0.25) is 10.0 Å². The highest BCUT2D eigenvalue weighted by Gasteiger charge is 2.19.